The van der Waals surface area contributed by atoms with E-state index in [2.05, 4.69) is 26.0 Å². The first-order valence-corrected chi connectivity index (χ1v) is 9.32. The van der Waals surface area contributed by atoms with E-state index in [1.54, 1.807) is 20.3 Å². The van der Waals surface area contributed by atoms with Gasteiger partial charge in [-0.1, -0.05) is 38.1 Å². The van der Waals surface area contributed by atoms with E-state index in [9.17, 15) is 4.79 Å². The molecule has 0 atom stereocenters. The van der Waals surface area contributed by atoms with E-state index in [0.29, 0.717) is 30.2 Å². The summed E-state index contributed by atoms with van der Waals surface area (Å²) in [5.41, 5.74) is 3.80. The fourth-order valence-corrected chi connectivity index (χ4v) is 3.33. The van der Waals surface area contributed by atoms with E-state index in [1.165, 1.54) is 11.1 Å². The van der Waals surface area contributed by atoms with Gasteiger partial charge in [0.15, 0.2) is 13.6 Å². The van der Waals surface area contributed by atoms with E-state index in [-0.39, 0.29) is 25.4 Å². The van der Waals surface area contributed by atoms with Crippen LogP contribution in [-0.2, 0) is 22.6 Å². The van der Waals surface area contributed by atoms with Crippen LogP contribution in [0.5, 0.6) is 11.5 Å². The SMILES string of the molecule is COCOc1cc(OCOC)c(C(C)C)cc1C(=O)N1Cc2ccccc2C1. The second kappa shape index (κ2) is 9.08. The number of hydrogen-bond donors (Lipinski definition) is 0. The lowest BCUT2D eigenvalue weighted by Crippen LogP contribution is -2.26. The maximum absolute atomic E-state index is 13.3. The molecule has 0 aliphatic carbocycles. The molecule has 6 heteroatoms. The monoisotopic (exact) mass is 385 g/mol. The van der Waals surface area contributed by atoms with Crippen molar-refractivity contribution in [1.29, 1.82) is 0 Å². The summed E-state index contributed by atoms with van der Waals surface area (Å²) in [6, 6.07) is 11.7. The number of nitrogens with zero attached hydrogens (tertiary/aromatic N) is 1. The average Bonchev–Trinajstić information content (AvgIpc) is 3.14. The number of ether oxygens (including phenoxy) is 4. The van der Waals surface area contributed by atoms with Crippen molar-refractivity contribution >= 4 is 5.91 Å². The van der Waals surface area contributed by atoms with Crippen molar-refractivity contribution in [2.45, 2.75) is 32.9 Å². The highest BCUT2D eigenvalue weighted by Gasteiger charge is 2.28. The third kappa shape index (κ3) is 4.29. The number of benzene rings is 2. The number of methoxy groups -OCH3 is 2. The minimum atomic E-state index is -0.0671. The first-order chi connectivity index (χ1) is 13.5. The van der Waals surface area contributed by atoms with Crippen molar-refractivity contribution in [2.24, 2.45) is 0 Å². The number of fused-ring (bicyclic) bond motifs is 1. The van der Waals surface area contributed by atoms with Gasteiger partial charge in [0.2, 0.25) is 0 Å². The Kier molecular flexibility index (Phi) is 6.54. The zero-order valence-corrected chi connectivity index (χ0v) is 16.9. The van der Waals surface area contributed by atoms with Crippen LogP contribution in [0.2, 0.25) is 0 Å². The van der Waals surface area contributed by atoms with Crippen LogP contribution in [0.3, 0.4) is 0 Å². The molecule has 0 spiro atoms. The first kappa shape index (κ1) is 20.2. The molecule has 0 fully saturated rings. The lowest BCUT2D eigenvalue weighted by atomic mass is 9.98. The van der Waals surface area contributed by atoms with Gasteiger partial charge in [-0.25, -0.2) is 0 Å². The molecule has 150 valence electrons. The number of hydrogen-bond acceptors (Lipinski definition) is 5. The van der Waals surface area contributed by atoms with Crippen molar-refractivity contribution in [3.8, 4) is 11.5 Å². The van der Waals surface area contributed by atoms with E-state index in [4.69, 9.17) is 18.9 Å². The Morgan fingerprint density at radius 1 is 0.964 bits per heavy atom. The molecule has 1 aliphatic heterocycles. The Morgan fingerprint density at radius 3 is 2.07 bits per heavy atom. The zero-order chi connectivity index (χ0) is 20.1. The minimum absolute atomic E-state index is 0.0469. The van der Waals surface area contributed by atoms with Crippen molar-refractivity contribution in [3.05, 3.63) is 58.7 Å². The van der Waals surface area contributed by atoms with Crippen LogP contribution >= 0.6 is 0 Å². The van der Waals surface area contributed by atoms with Crippen LogP contribution < -0.4 is 9.47 Å². The van der Waals surface area contributed by atoms with E-state index >= 15 is 0 Å². The molecule has 1 heterocycles. The van der Waals surface area contributed by atoms with Crippen molar-refractivity contribution in [1.82, 2.24) is 4.90 Å². The summed E-state index contributed by atoms with van der Waals surface area (Å²) >= 11 is 0. The highest BCUT2D eigenvalue weighted by molar-refractivity contribution is 5.97. The smallest absolute Gasteiger partial charge is 0.258 e. The number of rotatable bonds is 8. The maximum Gasteiger partial charge on any atom is 0.258 e. The van der Waals surface area contributed by atoms with Gasteiger partial charge in [-0.2, -0.15) is 0 Å². The summed E-state index contributed by atoms with van der Waals surface area (Å²) in [6.07, 6.45) is 0. The molecule has 28 heavy (non-hydrogen) atoms. The molecule has 0 saturated carbocycles. The molecule has 0 unspecified atom stereocenters. The Balaban J connectivity index is 1.95. The van der Waals surface area contributed by atoms with Crippen LogP contribution in [0.15, 0.2) is 36.4 Å². The largest absolute Gasteiger partial charge is 0.467 e. The third-order valence-electron chi connectivity index (χ3n) is 4.76. The zero-order valence-electron chi connectivity index (χ0n) is 16.9. The van der Waals surface area contributed by atoms with Crippen molar-refractivity contribution in [2.75, 3.05) is 27.8 Å². The van der Waals surface area contributed by atoms with Crippen molar-refractivity contribution < 1.29 is 23.7 Å². The van der Waals surface area contributed by atoms with Gasteiger partial charge in [-0.3, -0.25) is 4.79 Å². The van der Waals surface area contributed by atoms with Gasteiger partial charge in [0.05, 0.1) is 5.56 Å². The van der Waals surface area contributed by atoms with E-state index in [1.807, 2.05) is 23.1 Å². The van der Waals surface area contributed by atoms with Crippen LogP contribution in [0, 0.1) is 0 Å². The summed E-state index contributed by atoms with van der Waals surface area (Å²) in [5.74, 6) is 1.19. The summed E-state index contributed by atoms with van der Waals surface area (Å²) in [5, 5.41) is 0. The Morgan fingerprint density at radius 2 is 1.54 bits per heavy atom. The van der Waals surface area contributed by atoms with Gasteiger partial charge in [0, 0.05) is 33.4 Å². The van der Waals surface area contributed by atoms with Crippen LogP contribution in [0.25, 0.3) is 0 Å². The lowest BCUT2D eigenvalue weighted by Gasteiger charge is -2.21. The summed E-state index contributed by atoms with van der Waals surface area (Å²) < 4.78 is 21.5. The van der Waals surface area contributed by atoms with Gasteiger partial charge in [-0.05, 0) is 28.7 Å². The fraction of sp³-hybridized carbons (Fsp3) is 0.409. The van der Waals surface area contributed by atoms with Crippen LogP contribution in [0.4, 0.5) is 0 Å². The van der Waals surface area contributed by atoms with E-state index in [0.717, 1.165) is 5.56 Å². The van der Waals surface area contributed by atoms with Crippen LogP contribution in [-0.4, -0.2) is 38.6 Å². The summed E-state index contributed by atoms with van der Waals surface area (Å²) in [7, 11) is 3.11. The van der Waals surface area contributed by atoms with Gasteiger partial charge in [-0.15, -0.1) is 0 Å². The second-order valence-electron chi connectivity index (χ2n) is 7.07. The molecule has 0 saturated heterocycles. The number of carbonyl (C=O) groups is 1. The lowest BCUT2D eigenvalue weighted by molar-refractivity contribution is 0.0443. The molecule has 2 aromatic rings. The molecule has 0 N–H and O–H groups in total. The minimum Gasteiger partial charge on any atom is -0.467 e. The predicted molar refractivity (Wildman–Crippen MR) is 106 cm³/mol. The van der Waals surface area contributed by atoms with Crippen LogP contribution in [0.1, 0.15) is 46.8 Å². The van der Waals surface area contributed by atoms with Gasteiger partial charge in [0.25, 0.3) is 5.91 Å². The highest BCUT2D eigenvalue weighted by atomic mass is 16.7. The molecule has 1 aliphatic rings. The average molecular weight is 385 g/mol. The Labute approximate surface area is 166 Å². The number of carbonyl (C=O) groups excluding carboxylic acids is 1. The standard InChI is InChI=1S/C22H27NO5/c1-15(2)18-9-19(21(28-14-26-4)10-20(18)27-13-25-3)22(24)23-11-16-7-5-6-8-17(16)12-23/h5-10,15H,11-14H2,1-4H3. The first-order valence-electron chi connectivity index (χ1n) is 9.32. The normalized spacial score (nSPS) is 13.0. The van der Waals surface area contributed by atoms with Crippen molar-refractivity contribution in [3.63, 3.8) is 0 Å². The predicted octanol–water partition coefficient (Wildman–Crippen LogP) is 3.93. The summed E-state index contributed by atoms with van der Waals surface area (Å²) in [4.78, 5) is 15.2. The van der Waals surface area contributed by atoms with E-state index < -0.39 is 0 Å². The topological polar surface area (TPSA) is 57.2 Å². The molecule has 6 nitrogen and oxygen atoms in total. The Bertz CT molecular complexity index is 809. The Hall–Kier alpha value is -2.57. The molecular formula is C22H27NO5. The molecule has 0 aromatic heterocycles. The second-order valence-corrected chi connectivity index (χ2v) is 7.07. The van der Waals surface area contributed by atoms with Gasteiger partial charge < -0.3 is 23.8 Å². The quantitative estimate of drug-likeness (QED) is 0.645. The molecule has 2 aromatic carbocycles. The molecule has 3 rings (SSSR count). The third-order valence-corrected chi connectivity index (χ3v) is 4.76. The summed E-state index contributed by atoms with van der Waals surface area (Å²) in [6.45, 7) is 5.48. The molecule has 0 bridgehead atoms. The molecule has 0 radical (unpaired) electrons. The van der Waals surface area contributed by atoms with Gasteiger partial charge >= 0.3 is 0 Å². The highest BCUT2D eigenvalue weighted by Crippen LogP contribution is 2.36. The van der Waals surface area contributed by atoms with Gasteiger partial charge in [0.1, 0.15) is 11.5 Å². The maximum atomic E-state index is 13.3. The molecular weight excluding hydrogens is 358 g/mol. The number of amides is 1. The fourth-order valence-electron chi connectivity index (χ4n) is 3.33. The molecule has 1 amide bonds.